The molecule has 8 nitrogen and oxygen atoms in total. The number of hydrogen-bond acceptors (Lipinski definition) is 7. The van der Waals surface area contributed by atoms with Crippen LogP contribution in [0, 0.1) is 10.1 Å². The van der Waals surface area contributed by atoms with E-state index in [0.29, 0.717) is 0 Å². The molecule has 0 aliphatic rings. The van der Waals surface area contributed by atoms with Gasteiger partial charge in [-0.05, 0) is 20.8 Å². The number of nitrogens with zero attached hydrogens (tertiary/aromatic N) is 1. The van der Waals surface area contributed by atoms with Gasteiger partial charge in [0, 0.05) is 6.07 Å². The molecule has 1 rings (SSSR count). The number of hydrogen-bond donors (Lipinski definition) is 0. The van der Waals surface area contributed by atoms with E-state index in [2.05, 4.69) is 0 Å². The van der Waals surface area contributed by atoms with Gasteiger partial charge < -0.3 is 18.9 Å². The van der Waals surface area contributed by atoms with Gasteiger partial charge >= 0.3 is 11.7 Å². The van der Waals surface area contributed by atoms with Crippen LogP contribution < -0.4 is 14.2 Å². The van der Waals surface area contributed by atoms with E-state index >= 15 is 0 Å². The van der Waals surface area contributed by atoms with Crippen LogP contribution in [0.5, 0.6) is 17.2 Å². The number of carbonyl (C=O) groups excluding carboxylic acids is 1. The van der Waals surface area contributed by atoms with Gasteiger partial charge in [-0.3, -0.25) is 10.1 Å². The lowest BCUT2D eigenvalue weighted by Gasteiger charge is -2.19. The third-order valence-electron chi connectivity index (χ3n) is 2.43. The molecule has 0 saturated heterocycles. The second-order valence-corrected chi connectivity index (χ2v) is 5.31. The number of nitro groups is 1. The van der Waals surface area contributed by atoms with Crippen LogP contribution in [0.25, 0.3) is 0 Å². The van der Waals surface area contributed by atoms with Crippen LogP contribution in [0.3, 0.4) is 0 Å². The Kier molecular flexibility index (Phi) is 5.56. The normalized spacial score (nSPS) is 10.8. The average Bonchev–Trinajstić information content (AvgIpc) is 2.42. The van der Waals surface area contributed by atoms with Gasteiger partial charge in [-0.25, -0.2) is 4.79 Å². The summed E-state index contributed by atoms with van der Waals surface area (Å²) in [6.07, 6.45) is 0. The van der Waals surface area contributed by atoms with Gasteiger partial charge in [0.1, 0.15) is 5.60 Å². The predicted molar refractivity (Wildman–Crippen MR) is 77.5 cm³/mol. The monoisotopic (exact) mass is 313 g/mol. The number of esters is 1. The number of rotatable bonds is 6. The van der Waals surface area contributed by atoms with Gasteiger partial charge in [0.25, 0.3) is 0 Å². The molecule has 0 saturated carbocycles. The molecule has 1 aromatic rings. The van der Waals surface area contributed by atoms with Crippen molar-refractivity contribution in [2.45, 2.75) is 26.4 Å². The van der Waals surface area contributed by atoms with E-state index in [4.69, 9.17) is 18.9 Å². The van der Waals surface area contributed by atoms with E-state index in [1.54, 1.807) is 20.8 Å². The number of methoxy groups -OCH3 is 2. The molecule has 0 heterocycles. The molecule has 0 aromatic heterocycles. The first kappa shape index (κ1) is 17.5. The van der Waals surface area contributed by atoms with E-state index in [0.717, 1.165) is 6.07 Å². The second-order valence-electron chi connectivity index (χ2n) is 5.31. The fourth-order valence-corrected chi connectivity index (χ4v) is 1.62. The molecule has 22 heavy (non-hydrogen) atoms. The highest BCUT2D eigenvalue weighted by atomic mass is 16.6. The molecule has 0 aliphatic carbocycles. The summed E-state index contributed by atoms with van der Waals surface area (Å²) in [6.45, 7) is 4.79. The summed E-state index contributed by atoms with van der Waals surface area (Å²) >= 11 is 0. The van der Waals surface area contributed by atoms with Crippen molar-refractivity contribution in [3.63, 3.8) is 0 Å². The van der Waals surface area contributed by atoms with Crippen molar-refractivity contribution in [2.24, 2.45) is 0 Å². The smallest absolute Gasteiger partial charge is 0.344 e. The Morgan fingerprint density at radius 1 is 1.14 bits per heavy atom. The summed E-state index contributed by atoms with van der Waals surface area (Å²) in [5.41, 5.74) is -0.932. The molecule has 1 aromatic carbocycles. The molecule has 0 radical (unpaired) electrons. The molecule has 8 heteroatoms. The first-order valence-electron chi connectivity index (χ1n) is 6.43. The van der Waals surface area contributed by atoms with Gasteiger partial charge in [0.05, 0.1) is 25.2 Å². The summed E-state index contributed by atoms with van der Waals surface area (Å²) in [6, 6.07) is 2.46. The van der Waals surface area contributed by atoms with Gasteiger partial charge in [0.2, 0.25) is 5.75 Å². The first-order valence-corrected chi connectivity index (χ1v) is 6.43. The zero-order valence-corrected chi connectivity index (χ0v) is 13.2. The van der Waals surface area contributed by atoms with Crippen molar-refractivity contribution in [1.82, 2.24) is 0 Å². The molecule has 0 unspecified atom stereocenters. The first-order chi connectivity index (χ1) is 10.2. The zero-order valence-electron chi connectivity index (χ0n) is 13.2. The van der Waals surface area contributed by atoms with Gasteiger partial charge in [-0.15, -0.1) is 0 Å². The van der Waals surface area contributed by atoms with E-state index in [1.165, 1.54) is 20.3 Å². The van der Waals surface area contributed by atoms with Crippen LogP contribution >= 0.6 is 0 Å². The summed E-state index contributed by atoms with van der Waals surface area (Å²) < 4.78 is 20.4. The van der Waals surface area contributed by atoms with Crippen molar-refractivity contribution < 1.29 is 28.7 Å². The van der Waals surface area contributed by atoms with Crippen LogP contribution in [0.4, 0.5) is 5.69 Å². The van der Waals surface area contributed by atoms with Gasteiger partial charge in [-0.2, -0.15) is 0 Å². The standard InChI is InChI=1S/C14H19NO7/c1-14(2,3)22-13(16)8-21-12-6-9(15(17)18)10(19-4)7-11(12)20-5/h6-7H,8H2,1-5H3. The number of ether oxygens (including phenoxy) is 4. The second kappa shape index (κ2) is 6.97. The number of nitro benzene ring substituents is 1. The molecule has 0 atom stereocenters. The predicted octanol–water partition coefficient (Wildman–Crippen LogP) is 2.33. The average molecular weight is 313 g/mol. The molecule has 0 aliphatic heterocycles. The van der Waals surface area contributed by atoms with Crippen LogP contribution in [0.2, 0.25) is 0 Å². The lowest BCUT2D eigenvalue weighted by Crippen LogP contribution is -2.27. The molecule has 0 bridgehead atoms. The molecular formula is C14H19NO7. The minimum Gasteiger partial charge on any atom is -0.493 e. The Balaban J connectivity index is 2.96. The molecule has 0 fully saturated rings. The summed E-state index contributed by atoms with van der Waals surface area (Å²) in [5, 5.41) is 11.0. The summed E-state index contributed by atoms with van der Waals surface area (Å²) in [7, 11) is 2.68. The van der Waals surface area contributed by atoms with E-state index < -0.39 is 23.1 Å². The highest BCUT2D eigenvalue weighted by molar-refractivity contribution is 5.72. The maximum Gasteiger partial charge on any atom is 0.344 e. The molecule has 122 valence electrons. The Labute approximate surface area is 128 Å². The minimum absolute atomic E-state index is 0.0338. The molecule has 0 N–H and O–H groups in total. The summed E-state index contributed by atoms with van der Waals surface area (Å²) in [4.78, 5) is 22.0. The van der Waals surface area contributed by atoms with Crippen LogP contribution in [0.15, 0.2) is 12.1 Å². The van der Waals surface area contributed by atoms with Crippen molar-refractivity contribution >= 4 is 11.7 Å². The fraction of sp³-hybridized carbons (Fsp3) is 0.500. The Bertz CT molecular complexity index is 563. The van der Waals surface area contributed by atoms with Crippen molar-refractivity contribution in [3.05, 3.63) is 22.2 Å². The van der Waals surface area contributed by atoms with Crippen molar-refractivity contribution in [2.75, 3.05) is 20.8 Å². The highest BCUT2D eigenvalue weighted by Crippen LogP contribution is 2.39. The quantitative estimate of drug-likeness (QED) is 0.451. The Morgan fingerprint density at radius 3 is 2.18 bits per heavy atom. The summed E-state index contributed by atoms with van der Waals surface area (Å²) in [5.74, 6) is -0.286. The van der Waals surface area contributed by atoms with Crippen LogP contribution in [0.1, 0.15) is 20.8 Å². The largest absolute Gasteiger partial charge is 0.493 e. The lowest BCUT2D eigenvalue weighted by atomic mass is 10.2. The topological polar surface area (TPSA) is 97.1 Å². The van der Waals surface area contributed by atoms with Gasteiger partial charge in [0.15, 0.2) is 18.1 Å². The highest BCUT2D eigenvalue weighted by Gasteiger charge is 2.22. The molecular weight excluding hydrogens is 294 g/mol. The lowest BCUT2D eigenvalue weighted by molar-refractivity contribution is -0.385. The minimum atomic E-state index is -0.642. The van der Waals surface area contributed by atoms with E-state index in [1.807, 2.05) is 0 Å². The Hall–Kier alpha value is -2.51. The SMILES string of the molecule is COc1cc(OC)c([N+](=O)[O-])cc1OCC(=O)OC(C)(C)C. The third-order valence-corrected chi connectivity index (χ3v) is 2.43. The number of benzene rings is 1. The van der Waals surface area contributed by atoms with Crippen LogP contribution in [-0.4, -0.2) is 37.3 Å². The molecule has 0 amide bonds. The van der Waals surface area contributed by atoms with E-state index in [9.17, 15) is 14.9 Å². The van der Waals surface area contributed by atoms with Crippen molar-refractivity contribution in [3.8, 4) is 17.2 Å². The maximum absolute atomic E-state index is 11.6. The Morgan fingerprint density at radius 2 is 1.73 bits per heavy atom. The fourth-order valence-electron chi connectivity index (χ4n) is 1.62. The third kappa shape index (κ3) is 4.80. The van der Waals surface area contributed by atoms with Crippen LogP contribution in [-0.2, 0) is 9.53 Å². The zero-order chi connectivity index (χ0) is 16.9. The maximum atomic E-state index is 11.6. The van der Waals surface area contributed by atoms with Crippen molar-refractivity contribution in [1.29, 1.82) is 0 Å². The molecule has 0 spiro atoms. The number of carbonyl (C=O) groups is 1. The van der Waals surface area contributed by atoms with Gasteiger partial charge in [-0.1, -0.05) is 0 Å². The van der Waals surface area contributed by atoms with E-state index in [-0.39, 0.29) is 22.9 Å².